The second kappa shape index (κ2) is 6.89. The minimum atomic E-state index is -3.89. The lowest BCUT2D eigenvalue weighted by atomic mass is 10.2. The molecular formula is C15H14ClNO5S. The van der Waals surface area contributed by atoms with Gasteiger partial charge in [0.05, 0.1) is 24.8 Å². The molecule has 0 amide bonds. The Kier molecular flexibility index (Phi) is 5.12. The number of nitrogens with one attached hydrogen (secondary N) is 1. The number of halogens is 1. The first-order chi connectivity index (χ1) is 10.9. The molecule has 0 unspecified atom stereocenters. The Labute approximate surface area is 139 Å². The van der Waals surface area contributed by atoms with Gasteiger partial charge in [-0.2, -0.15) is 0 Å². The van der Waals surface area contributed by atoms with Gasteiger partial charge in [0.25, 0.3) is 10.0 Å². The molecule has 0 aliphatic carbocycles. The molecule has 0 bridgehead atoms. The first-order valence-corrected chi connectivity index (χ1v) is 8.29. The predicted molar refractivity (Wildman–Crippen MR) is 86.6 cm³/mol. The Hall–Kier alpha value is -2.25. The minimum absolute atomic E-state index is 0.0166. The monoisotopic (exact) mass is 355 g/mol. The lowest BCUT2D eigenvalue weighted by Crippen LogP contribution is -2.14. The van der Waals surface area contributed by atoms with E-state index in [9.17, 15) is 13.2 Å². The van der Waals surface area contributed by atoms with Gasteiger partial charge in [0.1, 0.15) is 10.6 Å². The summed E-state index contributed by atoms with van der Waals surface area (Å²) >= 11 is 5.91. The SMILES string of the molecule is COC(=O)c1cc(NS(=O)(=O)c2ccccc2OC)ccc1Cl. The first-order valence-electron chi connectivity index (χ1n) is 6.42. The summed E-state index contributed by atoms with van der Waals surface area (Å²) in [7, 11) is -1.29. The van der Waals surface area contributed by atoms with Crippen LogP contribution in [0.25, 0.3) is 0 Å². The van der Waals surface area contributed by atoms with Crippen molar-refractivity contribution in [1.29, 1.82) is 0 Å². The van der Waals surface area contributed by atoms with Gasteiger partial charge >= 0.3 is 5.97 Å². The summed E-state index contributed by atoms with van der Waals surface area (Å²) in [4.78, 5) is 11.6. The lowest BCUT2D eigenvalue weighted by molar-refractivity contribution is 0.0601. The fourth-order valence-electron chi connectivity index (χ4n) is 1.91. The molecule has 2 aromatic rings. The maximum Gasteiger partial charge on any atom is 0.339 e. The molecule has 0 aliphatic heterocycles. The number of sulfonamides is 1. The summed E-state index contributed by atoms with van der Waals surface area (Å²) in [6.07, 6.45) is 0. The molecule has 0 aliphatic rings. The molecule has 1 N–H and O–H groups in total. The third-order valence-electron chi connectivity index (χ3n) is 2.98. The van der Waals surface area contributed by atoms with E-state index in [1.807, 2.05) is 0 Å². The average molecular weight is 356 g/mol. The number of methoxy groups -OCH3 is 2. The van der Waals surface area contributed by atoms with Crippen LogP contribution in [0.5, 0.6) is 5.75 Å². The van der Waals surface area contributed by atoms with Crippen LogP contribution in [0.1, 0.15) is 10.4 Å². The van der Waals surface area contributed by atoms with Crippen LogP contribution in [-0.2, 0) is 14.8 Å². The van der Waals surface area contributed by atoms with Gasteiger partial charge in [-0.25, -0.2) is 13.2 Å². The van der Waals surface area contributed by atoms with E-state index >= 15 is 0 Å². The van der Waals surface area contributed by atoms with Crippen LogP contribution >= 0.6 is 11.6 Å². The molecule has 0 fully saturated rings. The Balaban J connectivity index is 2.40. The standard InChI is InChI=1S/C15H14ClNO5S/c1-21-13-5-3-4-6-14(13)23(19,20)17-10-7-8-12(16)11(9-10)15(18)22-2/h3-9,17H,1-2H3. The van der Waals surface area contributed by atoms with Crippen LogP contribution < -0.4 is 9.46 Å². The van der Waals surface area contributed by atoms with Crippen LogP contribution in [0.15, 0.2) is 47.4 Å². The molecule has 0 saturated carbocycles. The van der Waals surface area contributed by atoms with E-state index in [2.05, 4.69) is 9.46 Å². The number of carbonyl (C=O) groups is 1. The summed E-state index contributed by atoms with van der Waals surface area (Å²) in [5, 5.41) is 0.164. The van der Waals surface area contributed by atoms with E-state index in [-0.39, 0.29) is 26.9 Å². The summed E-state index contributed by atoms with van der Waals surface area (Å²) in [5.41, 5.74) is 0.245. The maximum atomic E-state index is 12.5. The van der Waals surface area contributed by atoms with E-state index in [0.717, 1.165) is 0 Å². The van der Waals surface area contributed by atoms with Gasteiger partial charge in [0.2, 0.25) is 0 Å². The molecule has 0 radical (unpaired) electrons. The molecule has 0 atom stereocenters. The molecular weight excluding hydrogens is 342 g/mol. The van der Waals surface area contributed by atoms with Gasteiger partial charge in [-0.15, -0.1) is 0 Å². The van der Waals surface area contributed by atoms with Gasteiger partial charge in [-0.05, 0) is 30.3 Å². The van der Waals surface area contributed by atoms with Gasteiger partial charge in [-0.3, -0.25) is 4.72 Å². The number of benzene rings is 2. The van der Waals surface area contributed by atoms with Crippen molar-refractivity contribution in [1.82, 2.24) is 0 Å². The van der Waals surface area contributed by atoms with Gasteiger partial charge in [-0.1, -0.05) is 23.7 Å². The van der Waals surface area contributed by atoms with Crippen molar-refractivity contribution in [3.05, 3.63) is 53.1 Å². The summed E-state index contributed by atoms with van der Waals surface area (Å²) < 4.78 is 37.0. The predicted octanol–water partition coefficient (Wildman–Crippen LogP) is 2.94. The molecule has 2 rings (SSSR count). The fraction of sp³-hybridized carbons (Fsp3) is 0.133. The molecule has 0 saturated heterocycles. The quantitative estimate of drug-likeness (QED) is 0.834. The van der Waals surface area contributed by atoms with E-state index in [4.69, 9.17) is 16.3 Å². The van der Waals surface area contributed by atoms with Crippen LogP contribution in [0.3, 0.4) is 0 Å². The van der Waals surface area contributed by atoms with Crippen molar-refractivity contribution in [2.45, 2.75) is 4.90 Å². The molecule has 0 heterocycles. The molecule has 122 valence electrons. The normalized spacial score (nSPS) is 10.9. The van der Waals surface area contributed by atoms with Gasteiger partial charge in [0, 0.05) is 5.69 Å². The second-order valence-electron chi connectivity index (χ2n) is 4.44. The van der Waals surface area contributed by atoms with Crippen LogP contribution in [0.2, 0.25) is 5.02 Å². The average Bonchev–Trinajstić information content (AvgIpc) is 2.55. The second-order valence-corrected chi connectivity index (χ2v) is 6.50. The van der Waals surface area contributed by atoms with E-state index in [0.29, 0.717) is 0 Å². The van der Waals surface area contributed by atoms with E-state index in [1.54, 1.807) is 12.1 Å². The Morgan fingerprint density at radius 2 is 1.83 bits per heavy atom. The number of ether oxygens (including phenoxy) is 2. The van der Waals surface area contributed by atoms with E-state index in [1.165, 1.54) is 44.6 Å². The van der Waals surface area contributed by atoms with Crippen molar-refractivity contribution >= 4 is 33.3 Å². The number of hydrogen-bond acceptors (Lipinski definition) is 5. The smallest absolute Gasteiger partial charge is 0.339 e. The minimum Gasteiger partial charge on any atom is -0.495 e. The zero-order chi connectivity index (χ0) is 17.0. The third kappa shape index (κ3) is 3.75. The third-order valence-corrected chi connectivity index (χ3v) is 4.73. The van der Waals surface area contributed by atoms with Crippen molar-refractivity contribution in [2.24, 2.45) is 0 Å². The van der Waals surface area contributed by atoms with E-state index < -0.39 is 16.0 Å². The first kappa shape index (κ1) is 17.1. The van der Waals surface area contributed by atoms with Crippen LogP contribution in [-0.4, -0.2) is 28.6 Å². The number of anilines is 1. The van der Waals surface area contributed by atoms with Crippen LogP contribution in [0, 0.1) is 0 Å². The molecule has 2 aromatic carbocycles. The summed E-state index contributed by atoms with van der Waals surface area (Å²) in [6.45, 7) is 0. The van der Waals surface area contributed by atoms with Gasteiger partial charge in [0.15, 0.2) is 0 Å². The summed E-state index contributed by atoms with van der Waals surface area (Å²) in [5.74, 6) is -0.449. The zero-order valence-electron chi connectivity index (χ0n) is 12.4. The highest BCUT2D eigenvalue weighted by molar-refractivity contribution is 7.92. The number of carbonyl (C=O) groups excluding carboxylic acids is 1. The molecule has 23 heavy (non-hydrogen) atoms. The molecule has 0 spiro atoms. The lowest BCUT2D eigenvalue weighted by Gasteiger charge is -2.12. The fourth-order valence-corrected chi connectivity index (χ4v) is 3.32. The highest BCUT2D eigenvalue weighted by Crippen LogP contribution is 2.27. The highest BCUT2D eigenvalue weighted by Gasteiger charge is 2.20. The number of rotatable bonds is 5. The van der Waals surface area contributed by atoms with Crippen LogP contribution in [0.4, 0.5) is 5.69 Å². The van der Waals surface area contributed by atoms with Crippen molar-refractivity contribution in [3.8, 4) is 5.75 Å². The van der Waals surface area contributed by atoms with Crippen molar-refractivity contribution in [2.75, 3.05) is 18.9 Å². The largest absolute Gasteiger partial charge is 0.495 e. The highest BCUT2D eigenvalue weighted by atomic mass is 35.5. The number of hydrogen-bond donors (Lipinski definition) is 1. The van der Waals surface area contributed by atoms with Crippen molar-refractivity contribution in [3.63, 3.8) is 0 Å². The molecule has 0 aromatic heterocycles. The zero-order valence-corrected chi connectivity index (χ0v) is 13.9. The Morgan fingerprint density at radius 1 is 1.13 bits per heavy atom. The Bertz CT molecular complexity index is 836. The van der Waals surface area contributed by atoms with Crippen molar-refractivity contribution < 1.29 is 22.7 Å². The Morgan fingerprint density at radius 3 is 2.48 bits per heavy atom. The topological polar surface area (TPSA) is 81.7 Å². The number of para-hydroxylation sites is 1. The number of esters is 1. The summed E-state index contributed by atoms with van der Waals surface area (Å²) in [6, 6.07) is 10.4. The van der Waals surface area contributed by atoms with Gasteiger partial charge < -0.3 is 9.47 Å². The molecule has 8 heteroatoms. The maximum absolute atomic E-state index is 12.5. The molecule has 6 nitrogen and oxygen atoms in total.